The molecule has 1 fully saturated rings. The lowest BCUT2D eigenvalue weighted by Gasteiger charge is -2.22. The van der Waals surface area contributed by atoms with Crippen LogP contribution in [0.15, 0.2) is 29.1 Å². The van der Waals surface area contributed by atoms with Crippen LogP contribution >= 0.6 is 0 Å². The van der Waals surface area contributed by atoms with E-state index in [9.17, 15) is 9.59 Å². The van der Waals surface area contributed by atoms with Gasteiger partial charge in [0.25, 0.3) is 5.56 Å². The predicted octanol–water partition coefficient (Wildman–Crippen LogP) is 4.03. The Morgan fingerprint density at radius 2 is 1.77 bits per heavy atom. The van der Waals surface area contributed by atoms with Gasteiger partial charge in [0.1, 0.15) is 5.65 Å². The third kappa shape index (κ3) is 4.16. The average molecular weight is 421 g/mol. The summed E-state index contributed by atoms with van der Waals surface area (Å²) in [5, 5.41) is 8.89. The van der Waals surface area contributed by atoms with Crippen LogP contribution in [0.5, 0.6) is 0 Å². The molecule has 1 amide bonds. The summed E-state index contributed by atoms with van der Waals surface area (Å²) in [6, 6.07) is 8.42. The first kappa shape index (κ1) is 21.3. The van der Waals surface area contributed by atoms with Crippen LogP contribution in [0.3, 0.4) is 0 Å². The van der Waals surface area contributed by atoms with E-state index >= 15 is 0 Å². The molecule has 0 atom stereocenters. The van der Waals surface area contributed by atoms with E-state index in [2.05, 4.69) is 5.32 Å². The highest BCUT2D eigenvalue weighted by Crippen LogP contribution is 2.26. The zero-order chi connectivity index (χ0) is 22.1. The van der Waals surface area contributed by atoms with Crippen LogP contribution in [0.4, 0.5) is 0 Å². The van der Waals surface area contributed by atoms with Gasteiger partial charge in [0.15, 0.2) is 0 Å². The van der Waals surface area contributed by atoms with Gasteiger partial charge >= 0.3 is 0 Å². The minimum absolute atomic E-state index is 0.0422. The molecule has 3 aromatic rings. The molecule has 2 heterocycles. The van der Waals surface area contributed by atoms with Gasteiger partial charge < -0.3 is 5.32 Å². The summed E-state index contributed by atoms with van der Waals surface area (Å²) >= 11 is 0. The maximum atomic E-state index is 13.2. The van der Waals surface area contributed by atoms with E-state index in [0.717, 1.165) is 40.8 Å². The zero-order valence-corrected chi connectivity index (χ0v) is 19.0. The Bertz CT molecular complexity index is 1170. The summed E-state index contributed by atoms with van der Waals surface area (Å²) in [6.07, 6.45) is 6.55. The van der Waals surface area contributed by atoms with Gasteiger partial charge in [0.05, 0.1) is 11.4 Å². The monoisotopic (exact) mass is 420 g/mol. The molecule has 1 aromatic carbocycles. The van der Waals surface area contributed by atoms with Crippen LogP contribution in [0.1, 0.15) is 60.9 Å². The lowest BCUT2D eigenvalue weighted by molar-refractivity contribution is -0.121. The second-order valence-electron chi connectivity index (χ2n) is 8.90. The molecule has 0 radical (unpaired) electrons. The number of carbonyl (C=O) groups is 1. The molecular formula is C25H32N4O2. The molecule has 0 bridgehead atoms. The van der Waals surface area contributed by atoms with E-state index in [4.69, 9.17) is 5.10 Å². The Labute approximate surface area is 183 Å². The van der Waals surface area contributed by atoms with Gasteiger partial charge in [0, 0.05) is 30.5 Å². The van der Waals surface area contributed by atoms with Gasteiger partial charge in [-0.05, 0) is 57.7 Å². The molecule has 0 unspecified atom stereocenters. The molecule has 0 aliphatic heterocycles. The molecule has 1 aliphatic carbocycles. The second kappa shape index (κ2) is 8.69. The van der Waals surface area contributed by atoms with E-state index in [0.29, 0.717) is 24.4 Å². The molecule has 164 valence electrons. The first-order valence-corrected chi connectivity index (χ1v) is 11.3. The van der Waals surface area contributed by atoms with Crippen LogP contribution in [-0.2, 0) is 18.3 Å². The second-order valence-corrected chi connectivity index (χ2v) is 8.90. The molecule has 1 N–H and O–H groups in total. The first-order chi connectivity index (χ1) is 14.9. The molecule has 6 heteroatoms. The average Bonchev–Trinajstić information content (AvgIpc) is 3.10. The zero-order valence-electron chi connectivity index (χ0n) is 19.0. The van der Waals surface area contributed by atoms with E-state index < -0.39 is 0 Å². The maximum Gasteiger partial charge on any atom is 0.255 e. The van der Waals surface area contributed by atoms with Crippen LogP contribution in [0.25, 0.3) is 16.7 Å². The molecule has 1 aliphatic rings. The minimum Gasteiger partial charge on any atom is -0.353 e. The van der Waals surface area contributed by atoms with Gasteiger partial charge in [-0.25, -0.2) is 4.68 Å². The number of hydrogen-bond acceptors (Lipinski definition) is 3. The van der Waals surface area contributed by atoms with Crippen LogP contribution in [-0.4, -0.2) is 26.3 Å². The lowest BCUT2D eigenvalue weighted by atomic mass is 9.95. The van der Waals surface area contributed by atoms with Crippen molar-refractivity contribution < 1.29 is 4.79 Å². The SMILES string of the molecule is Cc1ccc(-n2nc(C)c3c(C)c(CCC(=O)NC4CCCCC4)c(=O)n(C)c32)cc1. The first-order valence-electron chi connectivity index (χ1n) is 11.3. The highest BCUT2D eigenvalue weighted by Gasteiger charge is 2.21. The molecule has 0 spiro atoms. The van der Waals surface area contributed by atoms with E-state index in [1.807, 2.05) is 49.7 Å². The third-order valence-electron chi connectivity index (χ3n) is 6.60. The van der Waals surface area contributed by atoms with Crippen molar-refractivity contribution in [2.45, 2.75) is 71.8 Å². The molecule has 4 rings (SSSR count). The fraction of sp³-hybridized carbons (Fsp3) is 0.480. The van der Waals surface area contributed by atoms with Gasteiger partial charge in [-0.3, -0.25) is 14.2 Å². The van der Waals surface area contributed by atoms with Crippen molar-refractivity contribution >= 4 is 16.9 Å². The summed E-state index contributed by atoms with van der Waals surface area (Å²) in [5.41, 5.74) is 5.37. The largest absolute Gasteiger partial charge is 0.353 e. The van der Waals surface area contributed by atoms with Crippen LogP contribution in [0.2, 0.25) is 0 Å². The van der Waals surface area contributed by atoms with Crippen molar-refractivity contribution in [1.29, 1.82) is 0 Å². The Balaban J connectivity index is 1.65. The van der Waals surface area contributed by atoms with E-state index in [1.54, 1.807) is 11.6 Å². The number of benzene rings is 1. The molecule has 31 heavy (non-hydrogen) atoms. The van der Waals surface area contributed by atoms with Crippen molar-refractivity contribution in [3.63, 3.8) is 0 Å². The van der Waals surface area contributed by atoms with Gasteiger partial charge in [-0.1, -0.05) is 37.0 Å². The smallest absolute Gasteiger partial charge is 0.255 e. The van der Waals surface area contributed by atoms with Crippen LogP contribution in [0, 0.1) is 20.8 Å². The number of aryl methyl sites for hydroxylation is 4. The van der Waals surface area contributed by atoms with Crippen molar-refractivity contribution in [3.8, 4) is 5.69 Å². The Morgan fingerprint density at radius 3 is 2.45 bits per heavy atom. The van der Waals surface area contributed by atoms with Crippen molar-refractivity contribution in [3.05, 3.63) is 57.0 Å². The predicted molar refractivity (Wildman–Crippen MR) is 124 cm³/mol. The van der Waals surface area contributed by atoms with Gasteiger partial charge in [-0.2, -0.15) is 5.10 Å². The van der Waals surface area contributed by atoms with Gasteiger partial charge in [0.2, 0.25) is 5.91 Å². The highest BCUT2D eigenvalue weighted by molar-refractivity contribution is 5.85. The summed E-state index contributed by atoms with van der Waals surface area (Å²) in [7, 11) is 1.79. The minimum atomic E-state index is -0.0521. The third-order valence-corrected chi connectivity index (χ3v) is 6.60. The number of rotatable bonds is 5. The topological polar surface area (TPSA) is 68.9 Å². The Hall–Kier alpha value is -2.89. The number of nitrogens with one attached hydrogen (secondary N) is 1. The number of carbonyl (C=O) groups excluding carboxylic acids is 1. The standard InChI is InChI=1S/C25H32N4O2/c1-16-10-12-20(13-11-16)29-24-23(18(3)27-29)17(2)21(25(31)28(24)4)14-15-22(30)26-19-8-6-5-7-9-19/h10-13,19H,5-9,14-15H2,1-4H3,(H,26,30). The number of hydrogen-bond donors (Lipinski definition) is 1. The highest BCUT2D eigenvalue weighted by atomic mass is 16.1. The quantitative estimate of drug-likeness (QED) is 0.678. The molecule has 1 saturated carbocycles. The van der Waals surface area contributed by atoms with Crippen LogP contribution < -0.4 is 10.9 Å². The van der Waals surface area contributed by atoms with E-state index in [-0.39, 0.29) is 11.5 Å². The lowest BCUT2D eigenvalue weighted by Crippen LogP contribution is -2.36. The normalized spacial score (nSPS) is 14.8. The maximum absolute atomic E-state index is 13.2. The fourth-order valence-electron chi connectivity index (χ4n) is 4.82. The van der Waals surface area contributed by atoms with E-state index in [1.165, 1.54) is 24.8 Å². The van der Waals surface area contributed by atoms with Crippen molar-refractivity contribution in [2.24, 2.45) is 7.05 Å². The number of aromatic nitrogens is 3. The number of nitrogens with zero attached hydrogens (tertiary/aromatic N) is 3. The Morgan fingerprint density at radius 1 is 1.10 bits per heavy atom. The Kier molecular flexibility index (Phi) is 5.99. The summed E-state index contributed by atoms with van der Waals surface area (Å²) in [6.45, 7) is 6.00. The summed E-state index contributed by atoms with van der Waals surface area (Å²) < 4.78 is 3.52. The number of pyridine rings is 1. The molecular weight excluding hydrogens is 388 g/mol. The number of fused-ring (bicyclic) bond motifs is 1. The summed E-state index contributed by atoms with van der Waals surface area (Å²) in [5.74, 6) is 0.0422. The summed E-state index contributed by atoms with van der Waals surface area (Å²) in [4.78, 5) is 25.7. The van der Waals surface area contributed by atoms with Gasteiger partial charge in [-0.15, -0.1) is 0 Å². The van der Waals surface area contributed by atoms with Crippen molar-refractivity contribution in [2.75, 3.05) is 0 Å². The molecule has 0 saturated heterocycles. The molecule has 6 nitrogen and oxygen atoms in total. The molecule has 2 aromatic heterocycles. The number of amides is 1. The fourth-order valence-corrected chi connectivity index (χ4v) is 4.82. The van der Waals surface area contributed by atoms with Crippen molar-refractivity contribution in [1.82, 2.24) is 19.7 Å².